The SMILES string of the molecule is COC1=CC(F)=C(OC2CC(C(F)(F)F)=CC=C2C(=O)Nc2cc[nH]c(=O)c2)CC1. The number of carbonyl (C=O) groups is 1. The first-order valence-electron chi connectivity index (χ1n) is 8.95. The van der Waals surface area contributed by atoms with Gasteiger partial charge >= 0.3 is 6.18 Å². The molecule has 0 aliphatic heterocycles. The Morgan fingerprint density at radius 1 is 1.27 bits per heavy atom. The van der Waals surface area contributed by atoms with Crippen LogP contribution in [0.1, 0.15) is 19.3 Å². The number of H-pyrrole nitrogens is 1. The summed E-state index contributed by atoms with van der Waals surface area (Å²) in [5.41, 5.74) is -1.33. The summed E-state index contributed by atoms with van der Waals surface area (Å²) in [6.07, 6.45) is -2.04. The number of anilines is 1. The van der Waals surface area contributed by atoms with Crippen molar-refractivity contribution in [1.82, 2.24) is 4.98 Å². The Bertz CT molecular complexity index is 1020. The molecule has 30 heavy (non-hydrogen) atoms. The Morgan fingerprint density at radius 2 is 2.03 bits per heavy atom. The highest BCUT2D eigenvalue weighted by Crippen LogP contribution is 2.37. The van der Waals surface area contributed by atoms with Crippen LogP contribution >= 0.6 is 0 Å². The van der Waals surface area contributed by atoms with Crippen molar-refractivity contribution in [2.24, 2.45) is 0 Å². The Morgan fingerprint density at radius 3 is 2.67 bits per heavy atom. The fourth-order valence-corrected chi connectivity index (χ4v) is 3.04. The van der Waals surface area contributed by atoms with Gasteiger partial charge in [0, 0.05) is 48.9 Å². The minimum Gasteiger partial charge on any atom is -0.501 e. The predicted octanol–water partition coefficient (Wildman–Crippen LogP) is 4.02. The lowest BCUT2D eigenvalue weighted by atomic mass is 9.94. The first kappa shape index (κ1) is 21.4. The van der Waals surface area contributed by atoms with Gasteiger partial charge in [0.2, 0.25) is 5.56 Å². The average molecular weight is 426 g/mol. The number of ether oxygens (including phenoxy) is 2. The van der Waals surface area contributed by atoms with Gasteiger partial charge in [-0.2, -0.15) is 13.2 Å². The van der Waals surface area contributed by atoms with E-state index in [2.05, 4.69) is 10.3 Å². The van der Waals surface area contributed by atoms with Crippen molar-refractivity contribution in [3.05, 3.63) is 75.4 Å². The molecule has 1 unspecified atom stereocenters. The first-order valence-corrected chi connectivity index (χ1v) is 8.95. The highest BCUT2D eigenvalue weighted by atomic mass is 19.4. The van der Waals surface area contributed by atoms with E-state index in [0.29, 0.717) is 12.2 Å². The lowest BCUT2D eigenvalue weighted by Crippen LogP contribution is -2.31. The lowest BCUT2D eigenvalue weighted by Gasteiger charge is -2.28. The zero-order chi connectivity index (χ0) is 21.9. The van der Waals surface area contributed by atoms with Gasteiger partial charge in [-0.05, 0) is 12.1 Å². The monoisotopic (exact) mass is 426 g/mol. The summed E-state index contributed by atoms with van der Waals surface area (Å²) in [4.78, 5) is 26.4. The van der Waals surface area contributed by atoms with E-state index in [9.17, 15) is 27.2 Å². The van der Waals surface area contributed by atoms with Gasteiger partial charge in [0.25, 0.3) is 5.91 Å². The van der Waals surface area contributed by atoms with Gasteiger partial charge in [-0.3, -0.25) is 9.59 Å². The standard InChI is InChI=1S/C20H18F4N2O4/c1-29-13-3-5-16(15(21)10-13)30-17-8-11(20(22,23)24)2-4-14(17)19(28)26-12-6-7-25-18(27)9-12/h2,4,6-7,9-10,17H,3,5,8H2,1H3,(H2,25,26,27,28). The maximum Gasteiger partial charge on any atom is 0.412 e. The van der Waals surface area contributed by atoms with Crippen molar-refractivity contribution in [2.75, 3.05) is 12.4 Å². The topological polar surface area (TPSA) is 80.4 Å². The summed E-state index contributed by atoms with van der Waals surface area (Å²) < 4.78 is 64.3. The number of pyridine rings is 1. The number of amides is 1. The summed E-state index contributed by atoms with van der Waals surface area (Å²) in [7, 11) is 1.38. The molecule has 0 fully saturated rings. The Labute approximate surface area is 168 Å². The molecule has 1 aromatic heterocycles. The quantitative estimate of drug-likeness (QED) is 0.697. The van der Waals surface area contributed by atoms with Gasteiger partial charge in [-0.15, -0.1) is 0 Å². The van der Waals surface area contributed by atoms with Crippen LogP contribution in [0.5, 0.6) is 0 Å². The fraction of sp³-hybridized carbons (Fsp3) is 0.300. The number of carbonyl (C=O) groups excluding carboxylic acids is 1. The molecular weight excluding hydrogens is 408 g/mol. The number of aromatic nitrogens is 1. The Kier molecular flexibility index (Phi) is 6.14. The van der Waals surface area contributed by atoms with E-state index in [1.807, 2.05) is 0 Å². The molecule has 2 N–H and O–H groups in total. The summed E-state index contributed by atoms with van der Waals surface area (Å²) in [5.74, 6) is -1.30. The van der Waals surface area contributed by atoms with Crippen LogP contribution < -0.4 is 10.9 Å². The molecule has 1 amide bonds. The largest absolute Gasteiger partial charge is 0.501 e. The summed E-state index contributed by atoms with van der Waals surface area (Å²) in [6.45, 7) is 0. The highest BCUT2D eigenvalue weighted by Gasteiger charge is 2.39. The van der Waals surface area contributed by atoms with Crippen LogP contribution in [0.25, 0.3) is 0 Å². The maximum atomic E-state index is 14.3. The van der Waals surface area contributed by atoms with Crippen molar-refractivity contribution in [3.8, 4) is 0 Å². The van der Waals surface area contributed by atoms with Crippen molar-refractivity contribution < 1.29 is 31.8 Å². The number of methoxy groups -OCH3 is 1. The van der Waals surface area contributed by atoms with Crippen LogP contribution in [-0.4, -0.2) is 30.3 Å². The first-order chi connectivity index (χ1) is 14.2. The van der Waals surface area contributed by atoms with Crippen LogP contribution in [0.2, 0.25) is 0 Å². The number of alkyl halides is 3. The van der Waals surface area contributed by atoms with Crippen molar-refractivity contribution in [2.45, 2.75) is 31.5 Å². The molecule has 0 saturated carbocycles. The van der Waals surface area contributed by atoms with E-state index >= 15 is 0 Å². The van der Waals surface area contributed by atoms with Crippen LogP contribution in [0.3, 0.4) is 0 Å². The van der Waals surface area contributed by atoms with E-state index in [1.54, 1.807) is 0 Å². The minimum atomic E-state index is -4.62. The van der Waals surface area contributed by atoms with E-state index in [-0.39, 0.29) is 23.4 Å². The molecule has 0 bridgehead atoms. The molecular formula is C20H18F4N2O4. The molecule has 0 spiro atoms. The van der Waals surface area contributed by atoms with Gasteiger partial charge in [0.15, 0.2) is 5.83 Å². The van der Waals surface area contributed by atoms with Crippen LogP contribution in [0.4, 0.5) is 23.2 Å². The van der Waals surface area contributed by atoms with Gasteiger partial charge in [0.1, 0.15) is 11.9 Å². The van der Waals surface area contributed by atoms with Gasteiger partial charge in [0.05, 0.1) is 18.4 Å². The second-order valence-electron chi connectivity index (χ2n) is 6.60. The number of hydrogen-bond donors (Lipinski definition) is 2. The number of rotatable bonds is 5. The Balaban J connectivity index is 1.88. The maximum absolute atomic E-state index is 14.3. The predicted molar refractivity (Wildman–Crippen MR) is 99.9 cm³/mol. The summed E-state index contributed by atoms with van der Waals surface area (Å²) in [5, 5.41) is 2.44. The molecule has 1 heterocycles. The fourth-order valence-electron chi connectivity index (χ4n) is 3.04. The molecule has 1 atom stereocenters. The molecule has 0 aromatic carbocycles. The number of nitrogens with one attached hydrogen (secondary N) is 2. The zero-order valence-electron chi connectivity index (χ0n) is 15.8. The van der Waals surface area contributed by atoms with Crippen LogP contribution in [-0.2, 0) is 14.3 Å². The van der Waals surface area contributed by atoms with Gasteiger partial charge in [-0.25, -0.2) is 4.39 Å². The van der Waals surface area contributed by atoms with E-state index in [0.717, 1.165) is 24.3 Å². The smallest absolute Gasteiger partial charge is 0.412 e. The molecule has 0 saturated heterocycles. The van der Waals surface area contributed by atoms with Crippen molar-refractivity contribution >= 4 is 11.6 Å². The van der Waals surface area contributed by atoms with Crippen molar-refractivity contribution in [1.29, 1.82) is 0 Å². The number of allylic oxidation sites excluding steroid dienone is 6. The van der Waals surface area contributed by atoms with E-state index in [4.69, 9.17) is 9.47 Å². The molecule has 2 aliphatic rings. The molecule has 160 valence electrons. The van der Waals surface area contributed by atoms with Gasteiger partial charge < -0.3 is 19.8 Å². The summed E-state index contributed by atoms with van der Waals surface area (Å²) >= 11 is 0. The van der Waals surface area contributed by atoms with Crippen LogP contribution in [0, 0.1) is 0 Å². The molecule has 0 radical (unpaired) electrons. The molecule has 2 aliphatic carbocycles. The van der Waals surface area contributed by atoms with Crippen molar-refractivity contribution in [3.63, 3.8) is 0 Å². The molecule has 3 rings (SSSR count). The van der Waals surface area contributed by atoms with Crippen LogP contribution in [0.15, 0.2) is 69.8 Å². The number of aromatic amines is 1. The Hall–Kier alpha value is -3.30. The number of halogens is 4. The number of hydrogen-bond acceptors (Lipinski definition) is 4. The molecule has 6 nitrogen and oxygen atoms in total. The third-order valence-electron chi connectivity index (χ3n) is 4.57. The lowest BCUT2D eigenvalue weighted by molar-refractivity contribution is -0.115. The molecule has 1 aromatic rings. The van der Waals surface area contributed by atoms with Gasteiger partial charge in [-0.1, -0.05) is 6.08 Å². The third-order valence-corrected chi connectivity index (χ3v) is 4.57. The minimum absolute atomic E-state index is 0.0794. The second-order valence-corrected chi connectivity index (χ2v) is 6.60. The average Bonchev–Trinajstić information content (AvgIpc) is 2.68. The highest BCUT2D eigenvalue weighted by molar-refractivity contribution is 6.04. The third kappa shape index (κ3) is 5.00. The molecule has 10 heteroatoms. The second kappa shape index (κ2) is 8.60. The normalized spacial score (nSPS) is 19.5. The van der Waals surface area contributed by atoms with E-state index in [1.165, 1.54) is 19.4 Å². The van der Waals surface area contributed by atoms with E-state index < -0.39 is 41.6 Å². The summed E-state index contributed by atoms with van der Waals surface area (Å²) in [6, 6.07) is 2.53. The zero-order valence-corrected chi connectivity index (χ0v) is 15.8.